The summed E-state index contributed by atoms with van der Waals surface area (Å²) in [4.78, 5) is 23.2. The molecule has 0 spiro atoms. The Morgan fingerprint density at radius 1 is 1.30 bits per heavy atom. The van der Waals surface area contributed by atoms with Crippen LogP contribution in [0, 0.1) is 25.2 Å². The Bertz CT molecular complexity index is 769. The molecule has 0 N–H and O–H groups in total. The van der Waals surface area contributed by atoms with Crippen molar-refractivity contribution in [1.29, 1.82) is 5.26 Å². The third-order valence-electron chi connectivity index (χ3n) is 4.04. The maximum absolute atomic E-state index is 12.6. The first kappa shape index (κ1) is 15.5. The van der Waals surface area contributed by atoms with Crippen molar-refractivity contribution in [1.82, 2.24) is 9.88 Å². The Labute approximate surface area is 139 Å². The Kier molecular flexibility index (Phi) is 4.30. The van der Waals surface area contributed by atoms with Gasteiger partial charge in [-0.2, -0.15) is 5.26 Å². The van der Waals surface area contributed by atoms with Gasteiger partial charge in [-0.1, -0.05) is 0 Å². The van der Waals surface area contributed by atoms with Crippen molar-refractivity contribution >= 4 is 23.1 Å². The van der Waals surface area contributed by atoms with Crippen molar-refractivity contribution in [3.63, 3.8) is 0 Å². The van der Waals surface area contributed by atoms with Crippen molar-refractivity contribution in [2.75, 3.05) is 31.1 Å². The average Bonchev–Trinajstić information content (AvgIpc) is 2.92. The predicted octanol–water partition coefficient (Wildman–Crippen LogP) is 2.59. The van der Waals surface area contributed by atoms with Crippen LogP contribution in [-0.2, 0) is 0 Å². The second-order valence-electron chi connectivity index (χ2n) is 5.59. The zero-order chi connectivity index (χ0) is 16.4. The molecule has 0 radical (unpaired) electrons. The highest BCUT2D eigenvalue weighted by Gasteiger charge is 2.25. The van der Waals surface area contributed by atoms with Gasteiger partial charge in [0.1, 0.15) is 11.9 Å². The van der Waals surface area contributed by atoms with E-state index in [1.807, 2.05) is 24.8 Å². The number of anilines is 1. The smallest absolute Gasteiger partial charge is 0.255 e. The number of thiophene rings is 1. The molecule has 0 bridgehead atoms. The summed E-state index contributed by atoms with van der Waals surface area (Å²) < 4.78 is 0. The lowest BCUT2D eigenvalue weighted by Gasteiger charge is -2.35. The molecule has 1 amide bonds. The highest BCUT2D eigenvalue weighted by Crippen LogP contribution is 2.23. The van der Waals surface area contributed by atoms with E-state index in [0.717, 1.165) is 15.3 Å². The standard InChI is InChI=1S/C17H18N4OS/c1-12-10-15(13(2)23-12)17(22)21-8-6-20(7-9-21)16-14(11-18)4-3-5-19-16/h3-5,10H,6-9H2,1-2H3. The number of piperazine rings is 1. The van der Waals surface area contributed by atoms with Gasteiger partial charge >= 0.3 is 0 Å². The largest absolute Gasteiger partial charge is 0.352 e. The molecular formula is C17H18N4OS. The fourth-order valence-corrected chi connectivity index (χ4v) is 3.79. The van der Waals surface area contributed by atoms with Crippen LogP contribution in [0.15, 0.2) is 24.4 Å². The highest BCUT2D eigenvalue weighted by atomic mass is 32.1. The van der Waals surface area contributed by atoms with E-state index in [9.17, 15) is 10.1 Å². The van der Waals surface area contributed by atoms with Crippen LogP contribution in [0.2, 0.25) is 0 Å². The van der Waals surface area contributed by atoms with Gasteiger partial charge in [-0.25, -0.2) is 4.98 Å². The number of nitriles is 1. The third-order valence-corrected chi connectivity index (χ3v) is 5.01. The van der Waals surface area contributed by atoms with Gasteiger partial charge < -0.3 is 9.80 Å². The number of aromatic nitrogens is 1. The molecule has 0 aliphatic carbocycles. The van der Waals surface area contributed by atoms with E-state index in [1.54, 1.807) is 29.7 Å². The summed E-state index contributed by atoms with van der Waals surface area (Å²) in [6, 6.07) is 7.70. The number of aryl methyl sites for hydroxylation is 2. The number of carbonyl (C=O) groups excluding carboxylic acids is 1. The number of nitrogens with zero attached hydrogens (tertiary/aromatic N) is 4. The van der Waals surface area contributed by atoms with Gasteiger partial charge in [0, 0.05) is 42.1 Å². The monoisotopic (exact) mass is 326 g/mol. The minimum absolute atomic E-state index is 0.105. The van der Waals surface area contributed by atoms with Crippen LogP contribution in [0.4, 0.5) is 5.82 Å². The maximum atomic E-state index is 12.6. The van der Waals surface area contributed by atoms with Crippen LogP contribution in [-0.4, -0.2) is 42.0 Å². The summed E-state index contributed by atoms with van der Waals surface area (Å²) in [5.41, 5.74) is 1.40. The van der Waals surface area contributed by atoms with E-state index < -0.39 is 0 Å². The molecule has 1 saturated heterocycles. The molecule has 0 saturated carbocycles. The van der Waals surface area contributed by atoms with Crippen LogP contribution in [0.1, 0.15) is 25.7 Å². The molecule has 2 aromatic rings. The molecule has 5 nitrogen and oxygen atoms in total. The lowest BCUT2D eigenvalue weighted by Crippen LogP contribution is -2.49. The average molecular weight is 326 g/mol. The Morgan fingerprint density at radius 3 is 2.65 bits per heavy atom. The first-order chi connectivity index (χ1) is 11.1. The zero-order valence-electron chi connectivity index (χ0n) is 13.2. The quantitative estimate of drug-likeness (QED) is 0.851. The Balaban J connectivity index is 1.70. The second-order valence-corrected chi connectivity index (χ2v) is 7.05. The normalized spacial score (nSPS) is 14.7. The van der Waals surface area contributed by atoms with Crippen LogP contribution in [0.3, 0.4) is 0 Å². The molecule has 1 fully saturated rings. The number of carbonyl (C=O) groups is 1. The Morgan fingerprint density at radius 2 is 2.04 bits per heavy atom. The first-order valence-corrected chi connectivity index (χ1v) is 8.38. The number of hydrogen-bond acceptors (Lipinski definition) is 5. The van der Waals surface area contributed by atoms with Gasteiger partial charge in [-0.3, -0.25) is 4.79 Å². The summed E-state index contributed by atoms with van der Waals surface area (Å²) in [6.45, 7) is 6.70. The van der Waals surface area contributed by atoms with E-state index >= 15 is 0 Å². The van der Waals surface area contributed by atoms with Gasteiger partial charge in [0.25, 0.3) is 5.91 Å². The number of hydrogen-bond donors (Lipinski definition) is 0. The van der Waals surface area contributed by atoms with Gasteiger partial charge in [-0.15, -0.1) is 11.3 Å². The highest BCUT2D eigenvalue weighted by molar-refractivity contribution is 7.12. The third kappa shape index (κ3) is 3.06. The van der Waals surface area contributed by atoms with Crippen LogP contribution < -0.4 is 4.90 Å². The van der Waals surface area contributed by atoms with E-state index in [1.165, 1.54) is 0 Å². The molecule has 3 heterocycles. The van der Waals surface area contributed by atoms with Crippen molar-refractivity contribution in [2.24, 2.45) is 0 Å². The van der Waals surface area contributed by atoms with Crippen molar-refractivity contribution in [2.45, 2.75) is 13.8 Å². The summed E-state index contributed by atoms with van der Waals surface area (Å²) in [7, 11) is 0. The molecule has 0 aromatic carbocycles. The van der Waals surface area contributed by atoms with Crippen LogP contribution in [0.5, 0.6) is 0 Å². The number of rotatable bonds is 2. The van der Waals surface area contributed by atoms with E-state index in [0.29, 0.717) is 37.6 Å². The maximum Gasteiger partial charge on any atom is 0.255 e. The molecule has 0 atom stereocenters. The molecule has 1 aliphatic heterocycles. The predicted molar refractivity (Wildman–Crippen MR) is 90.9 cm³/mol. The van der Waals surface area contributed by atoms with Crippen molar-refractivity contribution in [3.8, 4) is 6.07 Å². The molecule has 3 rings (SSSR count). The van der Waals surface area contributed by atoms with Crippen molar-refractivity contribution < 1.29 is 4.79 Å². The minimum Gasteiger partial charge on any atom is -0.352 e. The molecular weight excluding hydrogens is 308 g/mol. The second kappa shape index (κ2) is 6.39. The Hall–Kier alpha value is -2.39. The topological polar surface area (TPSA) is 60.2 Å². The fraction of sp³-hybridized carbons (Fsp3) is 0.353. The van der Waals surface area contributed by atoms with Crippen LogP contribution in [0.25, 0.3) is 0 Å². The lowest BCUT2D eigenvalue weighted by molar-refractivity contribution is 0.0746. The fourth-order valence-electron chi connectivity index (χ4n) is 2.87. The lowest BCUT2D eigenvalue weighted by atomic mass is 10.2. The zero-order valence-corrected chi connectivity index (χ0v) is 14.1. The molecule has 1 aliphatic rings. The number of amides is 1. The molecule has 23 heavy (non-hydrogen) atoms. The summed E-state index contributed by atoms with van der Waals surface area (Å²) in [5.74, 6) is 0.817. The van der Waals surface area contributed by atoms with E-state index in [4.69, 9.17) is 0 Å². The van der Waals surface area contributed by atoms with Gasteiger partial charge in [0.05, 0.1) is 11.1 Å². The summed E-state index contributed by atoms with van der Waals surface area (Å²) >= 11 is 1.66. The first-order valence-electron chi connectivity index (χ1n) is 7.56. The van der Waals surface area contributed by atoms with Gasteiger partial charge in [0.2, 0.25) is 0 Å². The molecule has 2 aromatic heterocycles. The molecule has 6 heteroatoms. The number of pyridine rings is 1. The molecule has 118 valence electrons. The minimum atomic E-state index is 0.105. The summed E-state index contributed by atoms with van der Waals surface area (Å²) in [5, 5.41) is 9.19. The SMILES string of the molecule is Cc1cc(C(=O)N2CCN(c3ncccc3C#N)CC2)c(C)s1. The molecule has 0 unspecified atom stereocenters. The van der Waals surface area contributed by atoms with E-state index in [2.05, 4.69) is 16.0 Å². The van der Waals surface area contributed by atoms with Crippen molar-refractivity contribution in [3.05, 3.63) is 45.3 Å². The summed E-state index contributed by atoms with van der Waals surface area (Å²) in [6.07, 6.45) is 1.70. The van der Waals surface area contributed by atoms with Crippen LogP contribution >= 0.6 is 11.3 Å². The van der Waals surface area contributed by atoms with Gasteiger partial charge in [-0.05, 0) is 32.0 Å². The van der Waals surface area contributed by atoms with E-state index in [-0.39, 0.29) is 5.91 Å². The van der Waals surface area contributed by atoms with Gasteiger partial charge in [0.15, 0.2) is 0 Å².